The second-order valence-corrected chi connectivity index (χ2v) is 10.8. The highest BCUT2D eigenvalue weighted by atomic mass is 16.5. The van der Waals surface area contributed by atoms with Crippen LogP contribution in [0.1, 0.15) is 66.9 Å². The molecule has 8 nitrogen and oxygen atoms in total. The van der Waals surface area contributed by atoms with Gasteiger partial charge in [0.05, 0.1) is 18.2 Å². The number of hydrogen-bond acceptors (Lipinski definition) is 7. The standard InChI is InChI=1S/C30H50N4O4/c1-11-20(6)29(26(37-10)16-21(7)35)34-30(36)28(19(4)5)32-22(8)27(18(2)3)33-23(9)38-17-24-12-14-25(31)15-13-24/h12-15,18-20,26-29,32-33H,8-9,11,16-17,31H2,1-7,10H3,(H,34,36)/t20-,26+,27-,28+,29-/m0/s1. The Bertz CT molecular complexity index is 913. The SMILES string of the molecule is C=C(N[C@H](C(=C)N[C@@H](C(=O)N[C@@H]([C@@H](C)CC)[C@@H](CC(C)=O)OC)C(C)C)C(C)C)OCc1ccc(N)cc1. The van der Waals surface area contributed by atoms with E-state index in [1.807, 2.05) is 38.1 Å². The lowest BCUT2D eigenvalue weighted by Gasteiger charge is -2.35. The van der Waals surface area contributed by atoms with Gasteiger partial charge in [-0.2, -0.15) is 0 Å². The molecule has 8 heteroatoms. The Balaban J connectivity index is 2.93. The van der Waals surface area contributed by atoms with E-state index in [1.54, 1.807) is 7.11 Å². The van der Waals surface area contributed by atoms with Gasteiger partial charge in [0.25, 0.3) is 0 Å². The maximum atomic E-state index is 13.5. The Morgan fingerprint density at radius 1 is 0.947 bits per heavy atom. The molecule has 0 aromatic heterocycles. The first kappa shape index (κ1) is 33.0. The summed E-state index contributed by atoms with van der Waals surface area (Å²) in [7, 11) is 1.58. The summed E-state index contributed by atoms with van der Waals surface area (Å²) < 4.78 is 11.5. The van der Waals surface area contributed by atoms with Crippen molar-refractivity contribution in [2.75, 3.05) is 12.8 Å². The average molecular weight is 531 g/mol. The molecule has 0 radical (unpaired) electrons. The number of nitrogen functional groups attached to an aromatic ring is 1. The van der Waals surface area contributed by atoms with Gasteiger partial charge in [0.2, 0.25) is 5.91 Å². The minimum absolute atomic E-state index is 0.0177. The van der Waals surface area contributed by atoms with Gasteiger partial charge in [-0.15, -0.1) is 0 Å². The highest BCUT2D eigenvalue weighted by Crippen LogP contribution is 2.19. The monoisotopic (exact) mass is 530 g/mol. The molecule has 1 rings (SSSR count). The maximum Gasteiger partial charge on any atom is 0.243 e. The molecule has 0 saturated heterocycles. The van der Waals surface area contributed by atoms with Crippen LogP contribution in [0.4, 0.5) is 5.69 Å². The predicted octanol–water partition coefficient (Wildman–Crippen LogP) is 4.52. The number of nitrogens with two attached hydrogens (primary N) is 1. The number of Topliss-reactive ketones (excluding diaryl/α,β-unsaturated/α-hetero) is 1. The van der Waals surface area contributed by atoms with E-state index in [0.29, 0.717) is 23.9 Å². The number of carbonyl (C=O) groups is 2. The van der Waals surface area contributed by atoms with Crippen molar-refractivity contribution in [2.45, 2.75) is 92.1 Å². The van der Waals surface area contributed by atoms with Crippen LogP contribution in [0.15, 0.2) is 49.0 Å². The minimum atomic E-state index is -0.532. The highest BCUT2D eigenvalue weighted by Gasteiger charge is 2.33. The van der Waals surface area contributed by atoms with Crippen molar-refractivity contribution >= 4 is 17.4 Å². The minimum Gasteiger partial charge on any atom is -0.475 e. The molecule has 1 amide bonds. The molecular weight excluding hydrogens is 480 g/mol. The molecule has 5 N–H and O–H groups in total. The van der Waals surface area contributed by atoms with Crippen molar-refractivity contribution in [3.05, 3.63) is 54.6 Å². The molecule has 0 fully saturated rings. The van der Waals surface area contributed by atoms with E-state index in [0.717, 1.165) is 12.0 Å². The summed E-state index contributed by atoms with van der Waals surface area (Å²) in [5, 5.41) is 9.83. The summed E-state index contributed by atoms with van der Waals surface area (Å²) in [4.78, 5) is 25.4. The Labute approximate surface area is 229 Å². The van der Waals surface area contributed by atoms with Crippen molar-refractivity contribution in [3.8, 4) is 0 Å². The molecule has 0 saturated carbocycles. The van der Waals surface area contributed by atoms with Crippen LogP contribution in [0.25, 0.3) is 0 Å². The van der Waals surface area contributed by atoms with Crippen molar-refractivity contribution in [2.24, 2.45) is 17.8 Å². The lowest BCUT2D eigenvalue weighted by Crippen LogP contribution is -2.56. The molecule has 0 heterocycles. The summed E-state index contributed by atoms with van der Waals surface area (Å²) >= 11 is 0. The van der Waals surface area contributed by atoms with Crippen molar-refractivity contribution in [3.63, 3.8) is 0 Å². The quantitative estimate of drug-likeness (QED) is 0.163. The van der Waals surface area contributed by atoms with E-state index in [9.17, 15) is 9.59 Å². The lowest BCUT2D eigenvalue weighted by molar-refractivity contribution is -0.128. The summed E-state index contributed by atoms with van der Waals surface area (Å²) in [6, 6.07) is 6.43. The third-order valence-electron chi connectivity index (χ3n) is 6.80. The van der Waals surface area contributed by atoms with Crippen LogP contribution in [0.5, 0.6) is 0 Å². The highest BCUT2D eigenvalue weighted by molar-refractivity contribution is 5.83. The predicted molar refractivity (Wildman–Crippen MR) is 155 cm³/mol. The average Bonchev–Trinajstić information content (AvgIpc) is 2.86. The second-order valence-electron chi connectivity index (χ2n) is 10.8. The molecule has 38 heavy (non-hydrogen) atoms. The van der Waals surface area contributed by atoms with Gasteiger partial charge in [0, 0.05) is 24.9 Å². The van der Waals surface area contributed by atoms with Crippen LogP contribution in [0.2, 0.25) is 0 Å². The number of anilines is 1. The first-order chi connectivity index (χ1) is 17.8. The Kier molecular flexibility index (Phi) is 14.0. The van der Waals surface area contributed by atoms with Gasteiger partial charge in [-0.3, -0.25) is 9.59 Å². The largest absolute Gasteiger partial charge is 0.475 e. The smallest absolute Gasteiger partial charge is 0.243 e. The van der Waals surface area contributed by atoms with Crippen molar-refractivity contribution in [1.29, 1.82) is 0 Å². The first-order valence-electron chi connectivity index (χ1n) is 13.5. The van der Waals surface area contributed by atoms with Crippen molar-refractivity contribution in [1.82, 2.24) is 16.0 Å². The zero-order valence-electron chi connectivity index (χ0n) is 24.6. The van der Waals surface area contributed by atoms with Crippen LogP contribution >= 0.6 is 0 Å². The molecule has 1 aromatic carbocycles. The third-order valence-corrected chi connectivity index (χ3v) is 6.80. The van der Waals surface area contributed by atoms with Gasteiger partial charge in [-0.1, -0.05) is 66.7 Å². The fourth-order valence-corrected chi connectivity index (χ4v) is 4.23. The topological polar surface area (TPSA) is 115 Å². The molecular formula is C30H50N4O4. The van der Waals surface area contributed by atoms with E-state index >= 15 is 0 Å². The number of ketones is 1. The van der Waals surface area contributed by atoms with Gasteiger partial charge < -0.3 is 31.2 Å². The van der Waals surface area contributed by atoms with E-state index < -0.39 is 12.1 Å². The molecule has 1 aromatic rings. The van der Waals surface area contributed by atoms with Crippen LogP contribution < -0.4 is 21.7 Å². The zero-order valence-corrected chi connectivity index (χ0v) is 24.6. The number of carbonyl (C=O) groups excluding carboxylic acids is 2. The van der Waals surface area contributed by atoms with E-state index in [-0.39, 0.29) is 47.9 Å². The van der Waals surface area contributed by atoms with Gasteiger partial charge >= 0.3 is 0 Å². The number of hydrogen-bond donors (Lipinski definition) is 4. The van der Waals surface area contributed by atoms with Crippen molar-refractivity contribution < 1.29 is 19.1 Å². The lowest BCUT2D eigenvalue weighted by atomic mass is 9.90. The number of benzene rings is 1. The Morgan fingerprint density at radius 2 is 1.53 bits per heavy atom. The van der Waals surface area contributed by atoms with E-state index in [2.05, 4.69) is 56.8 Å². The maximum absolute atomic E-state index is 13.5. The second kappa shape index (κ2) is 16.1. The Hall–Kier alpha value is -3.00. The fraction of sp³-hybridized carbons (Fsp3) is 0.600. The third kappa shape index (κ3) is 10.8. The molecule has 0 aliphatic heterocycles. The van der Waals surface area contributed by atoms with Gasteiger partial charge in [-0.05, 0) is 49.0 Å². The molecule has 214 valence electrons. The summed E-state index contributed by atoms with van der Waals surface area (Å²) in [5.41, 5.74) is 8.09. The molecule has 0 spiro atoms. The van der Waals surface area contributed by atoms with Crippen LogP contribution in [0.3, 0.4) is 0 Å². The van der Waals surface area contributed by atoms with Crippen LogP contribution in [-0.2, 0) is 25.7 Å². The molecule has 0 bridgehead atoms. The number of nitrogens with one attached hydrogen (secondary N) is 3. The van der Waals surface area contributed by atoms with E-state index in [1.165, 1.54) is 6.92 Å². The molecule has 5 atom stereocenters. The number of methoxy groups -OCH3 is 1. The number of amides is 1. The normalized spacial score (nSPS) is 15.2. The fourth-order valence-electron chi connectivity index (χ4n) is 4.23. The summed E-state index contributed by atoms with van der Waals surface area (Å²) in [6.45, 7) is 22.4. The zero-order chi connectivity index (χ0) is 29.0. The molecule has 0 unspecified atom stereocenters. The van der Waals surface area contributed by atoms with Gasteiger partial charge in [-0.25, -0.2) is 0 Å². The van der Waals surface area contributed by atoms with Crippen LogP contribution in [0, 0.1) is 17.8 Å². The van der Waals surface area contributed by atoms with Gasteiger partial charge in [0.15, 0.2) is 5.88 Å². The summed E-state index contributed by atoms with van der Waals surface area (Å²) in [5.74, 6) is 0.540. The van der Waals surface area contributed by atoms with E-state index in [4.69, 9.17) is 15.2 Å². The number of rotatable bonds is 18. The van der Waals surface area contributed by atoms with Gasteiger partial charge in [0.1, 0.15) is 18.4 Å². The first-order valence-corrected chi connectivity index (χ1v) is 13.5. The van der Waals surface area contributed by atoms with Crippen LogP contribution in [-0.4, -0.2) is 43.0 Å². The molecule has 0 aliphatic carbocycles. The molecule has 0 aliphatic rings. The summed E-state index contributed by atoms with van der Waals surface area (Å²) in [6.07, 6.45) is 0.692. The number of ether oxygens (including phenoxy) is 2. The Morgan fingerprint density at radius 3 is 2.00 bits per heavy atom.